The van der Waals surface area contributed by atoms with Crippen LogP contribution in [0.15, 0.2) is 34.4 Å². The summed E-state index contributed by atoms with van der Waals surface area (Å²) in [4.78, 5) is 59.6. The number of nitrogens with zero attached hydrogens (tertiary/aromatic N) is 2. The van der Waals surface area contributed by atoms with Gasteiger partial charge in [-0.2, -0.15) is 0 Å². The molecule has 2 aromatic rings. The molecule has 3 rings (SSSR count). The summed E-state index contributed by atoms with van der Waals surface area (Å²) in [6.07, 6.45) is 1.19. The number of urea groups is 1. The molecule has 1 aliphatic rings. The maximum Gasteiger partial charge on any atom is 0.373 e. The van der Waals surface area contributed by atoms with Crippen molar-refractivity contribution in [1.29, 1.82) is 0 Å². The van der Waals surface area contributed by atoms with Gasteiger partial charge in [0.2, 0.25) is 11.5 Å². The molecule has 1 saturated heterocycles. The van der Waals surface area contributed by atoms with Crippen molar-refractivity contribution in [3.8, 4) is 5.75 Å². The lowest BCUT2D eigenvalue weighted by Crippen LogP contribution is -2.30. The van der Waals surface area contributed by atoms with Crippen LogP contribution in [0.4, 0.5) is 10.5 Å². The Kier molecular flexibility index (Phi) is 7.71. The second-order valence-corrected chi connectivity index (χ2v) is 7.25. The van der Waals surface area contributed by atoms with Crippen molar-refractivity contribution in [2.45, 2.75) is 13.5 Å². The van der Waals surface area contributed by atoms with E-state index in [-0.39, 0.29) is 46.7 Å². The molecular weight excluding hydrogens is 490 g/mol. The molecular formula is C21H18ClN3O10. The molecule has 3 amide bonds. The number of hydrogen-bond donors (Lipinski definition) is 1. The number of furan rings is 1. The summed E-state index contributed by atoms with van der Waals surface area (Å²) < 4.78 is 19.7. The first-order chi connectivity index (χ1) is 16.6. The molecule has 1 fully saturated rings. The van der Waals surface area contributed by atoms with Crippen molar-refractivity contribution in [3.05, 3.63) is 62.2 Å². The number of esters is 2. The molecule has 0 atom stereocenters. The summed E-state index contributed by atoms with van der Waals surface area (Å²) in [5.74, 6) is -2.50. The van der Waals surface area contributed by atoms with Crippen LogP contribution in [-0.4, -0.2) is 54.0 Å². The number of benzene rings is 1. The van der Waals surface area contributed by atoms with E-state index in [0.29, 0.717) is 0 Å². The number of rotatable bonds is 9. The number of methoxy groups -OCH3 is 1. The topological polar surface area (TPSA) is 168 Å². The standard InChI is InChI=1S/C21H18ClN3O10/c1-3-33-17(26)10-34-18-13(22)6-11(8-15(18)25(30)31)7-14-19(27)24(21(29)23-14)9-12-4-5-16(35-12)20(28)32-2/h4-8H,3,9-10H2,1-2H3,(H,23,29)/b14-7-. The van der Waals surface area contributed by atoms with Crippen LogP contribution in [-0.2, 0) is 25.6 Å². The van der Waals surface area contributed by atoms with Gasteiger partial charge in [-0.1, -0.05) is 11.6 Å². The largest absolute Gasteiger partial charge is 0.474 e. The number of nitrogens with one attached hydrogen (secondary N) is 1. The molecule has 1 aromatic carbocycles. The Hall–Kier alpha value is -4.39. The highest BCUT2D eigenvalue weighted by Gasteiger charge is 2.34. The van der Waals surface area contributed by atoms with Crippen molar-refractivity contribution in [1.82, 2.24) is 10.2 Å². The summed E-state index contributed by atoms with van der Waals surface area (Å²) in [5.41, 5.74) is -0.629. The van der Waals surface area contributed by atoms with E-state index in [0.717, 1.165) is 11.0 Å². The van der Waals surface area contributed by atoms with Crippen LogP contribution in [0.2, 0.25) is 5.02 Å². The van der Waals surface area contributed by atoms with Crippen LogP contribution < -0.4 is 10.1 Å². The van der Waals surface area contributed by atoms with E-state index < -0.39 is 41.1 Å². The zero-order valence-corrected chi connectivity index (χ0v) is 19.1. The molecule has 13 nitrogen and oxygen atoms in total. The number of ether oxygens (including phenoxy) is 3. The minimum Gasteiger partial charge on any atom is -0.474 e. The van der Waals surface area contributed by atoms with Gasteiger partial charge in [-0.25, -0.2) is 14.4 Å². The van der Waals surface area contributed by atoms with Crippen LogP contribution in [0.25, 0.3) is 6.08 Å². The Bertz CT molecular complexity index is 1240. The first-order valence-electron chi connectivity index (χ1n) is 9.92. The lowest BCUT2D eigenvalue weighted by Gasteiger charge is -2.10. The van der Waals surface area contributed by atoms with E-state index in [1.807, 2.05) is 0 Å². The highest BCUT2D eigenvalue weighted by molar-refractivity contribution is 6.32. The lowest BCUT2D eigenvalue weighted by molar-refractivity contribution is -0.385. The molecule has 2 heterocycles. The van der Waals surface area contributed by atoms with Crippen LogP contribution in [0.3, 0.4) is 0 Å². The van der Waals surface area contributed by atoms with Gasteiger partial charge >= 0.3 is 23.7 Å². The Morgan fingerprint density at radius 3 is 2.69 bits per heavy atom. The van der Waals surface area contributed by atoms with Gasteiger partial charge in [-0.05, 0) is 36.8 Å². The first-order valence-corrected chi connectivity index (χ1v) is 10.3. The van der Waals surface area contributed by atoms with Crippen molar-refractivity contribution in [2.24, 2.45) is 0 Å². The van der Waals surface area contributed by atoms with Crippen molar-refractivity contribution in [3.63, 3.8) is 0 Å². The minimum atomic E-state index is -0.772. The molecule has 35 heavy (non-hydrogen) atoms. The fourth-order valence-corrected chi connectivity index (χ4v) is 3.28. The molecule has 0 bridgehead atoms. The molecule has 0 radical (unpaired) electrons. The van der Waals surface area contributed by atoms with E-state index in [9.17, 15) is 29.3 Å². The third kappa shape index (κ3) is 5.76. The summed E-state index contributed by atoms with van der Waals surface area (Å²) in [7, 11) is 1.18. The Labute approximate surface area is 202 Å². The molecule has 0 spiro atoms. The van der Waals surface area contributed by atoms with Gasteiger partial charge in [0, 0.05) is 6.07 Å². The Morgan fingerprint density at radius 1 is 1.29 bits per heavy atom. The molecule has 0 aliphatic carbocycles. The number of carbonyl (C=O) groups is 4. The Morgan fingerprint density at radius 2 is 2.03 bits per heavy atom. The maximum absolute atomic E-state index is 12.7. The second kappa shape index (κ2) is 10.7. The third-order valence-electron chi connectivity index (χ3n) is 4.52. The molecule has 1 aliphatic heterocycles. The molecule has 0 saturated carbocycles. The van der Waals surface area contributed by atoms with Crippen LogP contribution in [0, 0.1) is 10.1 Å². The van der Waals surface area contributed by atoms with Gasteiger partial charge in [0.25, 0.3) is 5.91 Å². The van der Waals surface area contributed by atoms with Crippen molar-refractivity contribution in [2.75, 3.05) is 20.3 Å². The number of nitro benzene ring substituents is 1. The van der Waals surface area contributed by atoms with Gasteiger partial charge in [0.1, 0.15) is 11.5 Å². The predicted molar refractivity (Wildman–Crippen MR) is 117 cm³/mol. The quantitative estimate of drug-likeness (QED) is 0.175. The molecule has 0 unspecified atom stereocenters. The molecule has 184 valence electrons. The molecule has 1 N–H and O–H groups in total. The van der Waals surface area contributed by atoms with Crippen molar-refractivity contribution < 1.29 is 42.7 Å². The van der Waals surface area contributed by atoms with E-state index in [1.165, 1.54) is 31.4 Å². The number of hydrogen-bond acceptors (Lipinski definition) is 10. The number of halogens is 1. The van der Waals surface area contributed by atoms with Gasteiger partial charge in [-0.15, -0.1) is 0 Å². The van der Waals surface area contributed by atoms with E-state index in [1.54, 1.807) is 6.92 Å². The molecule has 14 heteroatoms. The zero-order chi connectivity index (χ0) is 25.7. The van der Waals surface area contributed by atoms with Gasteiger partial charge in [-0.3, -0.25) is 19.8 Å². The van der Waals surface area contributed by atoms with Gasteiger partial charge in [0.05, 0.1) is 30.2 Å². The van der Waals surface area contributed by atoms with Gasteiger partial charge < -0.3 is 23.9 Å². The molecule has 1 aromatic heterocycles. The van der Waals surface area contributed by atoms with E-state index in [2.05, 4.69) is 10.1 Å². The smallest absolute Gasteiger partial charge is 0.373 e. The third-order valence-corrected chi connectivity index (χ3v) is 4.80. The van der Waals surface area contributed by atoms with Gasteiger partial charge in [0.15, 0.2) is 6.61 Å². The summed E-state index contributed by atoms with van der Waals surface area (Å²) in [6, 6.07) is 4.30. The number of nitro groups is 1. The number of amides is 3. The fraction of sp³-hybridized carbons (Fsp3) is 0.238. The predicted octanol–water partition coefficient (Wildman–Crippen LogP) is 2.66. The highest BCUT2D eigenvalue weighted by Crippen LogP contribution is 2.37. The average molecular weight is 508 g/mol. The number of imide groups is 1. The average Bonchev–Trinajstić information content (AvgIpc) is 3.38. The van der Waals surface area contributed by atoms with Crippen LogP contribution in [0.5, 0.6) is 5.75 Å². The summed E-state index contributed by atoms with van der Waals surface area (Å²) >= 11 is 6.12. The lowest BCUT2D eigenvalue weighted by atomic mass is 10.1. The van der Waals surface area contributed by atoms with E-state index in [4.69, 9.17) is 25.5 Å². The highest BCUT2D eigenvalue weighted by atomic mass is 35.5. The van der Waals surface area contributed by atoms with Crippen molar-refractivity contribution >= 4 is 47.2 Å². The minimum absolute atomic E-state index is 0.0995. The zero-order valence-electron chi connectivity index (χ0n) is 18.4. The Balaban J connectivity index is 1.82. The monoisotopic (exact) mass is 507 g/mol. The second-order valence-electron chi connectivity index (χ2n) is 6.84. The van der Waals surface area contributed by atoms with E-state index >= 15 is 0 Å². The first kappa shape index (κ1) is 25.2. The maximum atomic E-state index is 12.7. The van der Waals surface area contributed by atoms with Crippen LogP contribution in [0.1, 0.15) is 28.8 Å². The summed E-state index contributed by atoms with van der Waals surface area (Å²) in [6.45, 7) is 0.824. The fourth-order valence-electron chi connectivity index (χ4n) is 3.01. The number of carbonyl (C=O) groups excluding carboxylic acids is 4. The normalized spacial score (nSPS) is 14.1. The summed E-state index contributed by atoms with van der Waals surface area (Å²) in [5, 5.41) is 13.7. The van der Waals surface area contributed by atoms with Crippen LogP contribution >= 0.6 is 11.6 Å². The SMILES string of the molecule is CCOC(=O)COc1c(Cl)cc(/C=C2\NC(=O)N(Cc3ccc(C(=O)OC)o3)C2=O)cc1[N+](=O)[O-].